The van der Waals surface area contributed by atoms with Gasteiger partial charge >= 0.3 is 5.97 Å². The molecule has 0 fully saturated rings. The number of sulfonamides is 1. The fourth-order valence-corrected chi connectivity index (χ4v) is 3.98. The van der Waals surface area contributed by atoms with Crippen molar-refractivity contribution in [2.75, 3.05) is 10.8 Å². The fourth-order valence-electron chi connectivity index (χ4n) is 2.28. The number of anilines is 1. The molecule has 0 heterocycles. The molecule has 136 valence electrons. The molecule has 2 rings (SSSR count). The van der Waals surface area contributed by atoms with Gasteiger partial charge < -0.3 is 4.74 Å². The Balaban J connectivity index is 2.46. The van der Waals surface area contributed by atoms with E-state index in [1.54, 1.807) is 43.3 Å². The molecule has 0 spiro atoms. The summed E-state index contributed by atoms with van der Waals surface area (Å²) in [6.45, 7) is 3.32. The lowest BCUT2D eigenvalue weighted by Gasteiger charge is -2.23. The van der Waals surface area contributed by atoms with E-state index in [4.69, 9.17) is 21.6 Å². The van der Waals surface area contributed by atoms with Crippen LogP contribution in [0.2, 0.25) is 5.02 Å². The molecule has 0 radical (unpaired) electrons. The zero-order chi connectivity index (χ0) is 19.3. The molecule has 0 aromatic heterocycles. The minimum absolute atomic E-state index is 0.0434. The molecule has 0 saturated carbocycles. The molecule has 0 saturated heterocycles. The highest BCUT2D eigenvalue weighted by Crippen LogP contribution is 2.27. The number of hydrogen-bond donors (Lipinski definition) is 0. The Kier molecular flexibility index (Phi) is 6.24. The van der Waals surface area contributed by atoms with Crippen LogP contribution in [-0.4, -0.2) is 27.0 Å². The van der Waals surface area contributed by atoms with Gasteiger partial charge in [0.15, 0.2) is 6.10 Å². The first-order valence-corrected chi connectivity index (χ1v) is 9.61. The second-order valence-corrected chi connectivity index (χ2v) is 7.59. The summed E-state index contributed by atoms with van der Waals surface area (Å²) in [5, 5.41) is 8.80. The number of ether oxygens (including phenoxy) is 1. The van der Waals surface area contributed by atoms with Crippen LogP contribution >= 0.6 is 11.6 Å². The number of rotatable bonds is 6. The molecular weight excluding hydrogens is 376 g/mol. The molecule has 0 aliphatic heterocycles. The molecule has 6 nitrogen and oxygen atoms in total. The maximum absolute atomic E-state index is 13.0. The smallest absolute Gasteiger partial charge is 0.340 e. The Hall–Kier alpha value is -2.56. The van der Waals surface area contributed by atoms with Gasteiger partial charge in [0, 0.05) is 6.54 Å². The van der Waals surface area contributed by atoms with Crippen LogP contribution in [0.1, 0.15) is 24.2 Å². The van der Waals surface area contributed by atoms with E-state index in [1.165, 1.54) is 23.4 Å². The first kappa shape index (κ1) is 19.8. The van der Waals surface area contributed by atoms with Gasteiger partial charge in [0.25, 0.3) is 10.0 Å². The monoisotopic (exact) mass is 392 g/mol. The minimum atomic E-state index is -3.91. The molecule has 0 N–H and O–H groups in total. The van der Waals surface area contributed by atoms with E-state index in [9.17, 15) is 13.2 Å². The van der Waals surface area contributed by atoms with Crippen LogP contribution in [0.4, 0.5) is 5.69 Å². The number of benzene rings is 2. The van der Waals surface area contributed by atoms with Gasteiger partial charge in [0.05, 0.1) is 21.2 Å². The molecule has 8 heteroatoms. The van der Waals surface area contributed by atoms with E-state index < -0.39 is 22.1 Å². The first-order valence-electron chi connectivity index (χ1n) is 7.79. The van der Waals surface area contributed by atoms with E-state index in [0.29, 0.717) is 5.69 Å². The van der Waals surface area contributed by atoms with Crippen molar-refractivity contribution in [1.29, 1.82) is 5.26 Å². The molecule has 2 aromatic carbocycles. The van der Waals surface area contributed by atoms with Gasteiger partial charge in [0.2, 0.25) is 0 Å². The topological polar surface area (TPSA) is 87.5 Å². The summed E-state index contributed by atoms with van der Waals surface area (Å²) in [7, 11) is -3.91. The predicted molar refractivity (Wildman–Crippen MR) is 98.6 cm³/mol. The first-order chi connectivity index (χ1) is 12.3. The number of hydrogen-bond acceptors (Lipinski definition) is 5. The van der Waals surface area contributed by atoms with Crippen LogP contribution in [0.3, 0.4) is 0 Å². The Labute approximate surface area is 157 Å². The summed E-state index contributed by atoms with van der Waals surface area (Å²) in [5.74, 6) is -0.858. The van der Waals surface area contributed by atoms with Crippen LogP contribution in [0.25, 0.3) is 0 Å². The average Bonchev–Trinajstić information content (AvgIpc) is 2.62. The highest BCUT2D eigenvalue weighted by molar-refractivity contribution is 7.92. The molecule has 0 aliphatic carbocycles. The van der Waals surface area contributed by atoms with Crippen LogP contribution in [0.5, 0.6) is 0 Å². The molecule has 0 unspecified atom stereocenters. The third-order valence-electron chi connectivity index (χ3n) is 3.54. The highest BCUT2D eigenvalue weighted by Gasteiger charge is 2.26. The number of carbonyl (C=O) groups excluding carboxylic acids is 1. The largest absolute Gasteiger partial charge is 0.444 e. The lowest BCUT2D eigenvalue weighted by atomic mass is 10.2. The zero-order valence-corrected chi connectivity index (χ0v) is 15.8. The summed E-state index contributed by atoms with van der Waals surface area (Å²) in [5.41, 5.74) is 0.395. The minimum Gasteiger partial charge on any atom is -0.444 e. The van der Waals surface area contributed by atoms with Crippen molar-refractivity contribution in [3.8, 4) is 6.07 Å². The Morgan fingerprint density at radius 1 is 1.27 bits per heavy atom. The second kappa shape index (κ2) is 8.21. The summed E-state index contributed by atoms with van der Waals surface area (Å²) in [4.78, 5) is 12.1. The van der Waals surface area contributed by atoms with Crippen LogP contribution in [0.15, 0.2) is 53.4 Å². The Morgan fingerprint density at radius 2 is 1.92 bits per heavy atom. The maximum Gasteiger partial charge on any atom is 0.340 e. The van der Waals surface area contributed by atoms with Crippen molar-refractivity contribution in [3.05, 3.63) is 59.1 Å². The molecule has 26 heavy (non-hydrogen) atoms. The summed E-state index contributed by atoms with van der Waals surface area (Å²) >= 11 is 6.01. The van der Waals surface area contributed by atoms with Gasteiger partial charge in [-0.1, -0.05) is 29.8 Å². The fraction of sp³-hybridized carbons (Fsp3) is 0.222. The SMILES string of the molecule is CCN(c1ccccc1)S(=O)(=O)c1ccc(Cl)c(C(=O)O[C@@H](C)C#N)c1. The standard InChI is InChI=1S/C18H17ClN2O4S/c1-3-21(14-7-5-4-6-8-14)26(23,24)15-9-10-17(19)16(11-15)18(22)25-13(2)12-20/h4-11,13H,3H2,1-2H3/t13-/m0/s1. The van der Waals surface area contributed by atoms with Crippen molar-refractivity contribution in [1.82, 2.24) is 0 Å². The van der Waals surface area contributed by atoms with Gasteiger partial charge in [-0.2, -0.15) is 5.26 Å². The lowest BCUT2D eigenvalue weighted by Crippen LogP contribution is -2.31. The number of esters is 1. The average molecular weight is 393 g/mol. The van der Waals surface area contributed by atoms with Crippen molar-refractivity contribution in [2.24, 2.45) is 0 Å². The number of nitrogens with zero attached hydrogens (tertiary/aromatic N) is 2. The normalized spacial score (nSPS) is 12.1. The van der Waals surface area contributed by atoms with Crippen LogP contribution in [0, 0.1) is 11.3 Å². The highest BCUT2D eigenvalue weighted by atomic mass is 35.5. The molecule has 0 aliphatic rings. The van der Waals surface area contributed by atoms with Gasteiger partial charge in [-0.3, -0.25) is 4.31 Å². The summed E-state index contributed by atoms with van der Waals surface area (Å²) in [6, 6.07) is 14.2. The molecule has 0 amide bonds. The van der Waals surface area contributed by atoms with Gasteiger partial charge in [-0.25, -0.2) is 13.2 Å². The van der Waals surface area contributed by atoms with E-state index in [1.807, 2.05) is 0 Å². The van der Waals surface area contributed by atoms with E-state index in [-0.39, 0.29) is 22.0 Å². The predicted octanol–water partition coefficient (Wildman–Crippen LogP) is 3.62. The maximum atomic E-state index is 13.0. The zero-order valence-electron chi connectivity index (χ0n) is 14.2. The van der Waals surface area contributed by atoms with Crippen LogP contribution < -0.4 is 4.31 Å². The number of halogens is 1. The number of nitriles is 1. The van der Waals surface area contributed by atoms with Gasteiger partial charge in [-0.15, -0.1) is 0 Å². The third-order valence-corrected chi connectivity index (χ3v) is 5.77. The van der Waals surface area contributed by atoms with E-state index in [2.05, 4.69) is 0 Å². The second-order valence-electron chi connectivity index (χ2n) is 5.32. The Bertz CT molecular complexity index is 939. The van der Waals surface area contributed by atoms with E-state index in [0.717, 1.165) is 6.07 Å². The van der Waals surface area contributed by atoms with Crippen LogP contribution in [-0.2, 0) is 14.8 Å². The van der Waals surface area contributed by atoms with Crippen molar-refractivity contribution >= 4 is 33.3 Å². The van der Waals surface area contributed by atoms with E-state index >= 15 is 0 Å². The van der Waals surface area contributed by atoms with Crippen molar-refractivity contribution < 1.29 is 17.9 Å². The molecular formula is C18H17ClN2O4S. The number of carbonyl (C=O) groups is 1. The Morgan fingerprint density at radius 3 is 2.50 bits per heavy atom. The quantitative estimate of drug-likeness (QED) is 0.700. The van der Waals surface area contributed by atoms with Gasteiger partial charge in [-0.05, 0) is 44.2 Å². The third kappa shape index (κ3) is 4.15. The molecule has 0 bridgehead atoms. The van der Waals surface area contributed by atoms with Gasteiger partial charge in [0.1, 0.15) is 6.07 Å². The number of para-hydroxylation sites is 1. The van der Waals surface area contributed by atoms with Crippen molar-refractivity contribution in [2.45, 2.75) is 24.8 Å². The summed E-state index contributed by atoms with van der Waals surface area (Å²) < 4.78 is 32.2. The molecule has 1 atom stereocenters. The summed E-state index contributed by atoms with van der Waals surface area (Å²) in [6.07, 6.45) is -0.977. The lowest BCUT2D eigenvalue weighted by molar-refractivity contribution is 0.0435. The molecule has 2 aromatic rings. The van der Waals surface area contributed by atoms with Crippen molar-refractivity contribution in [3.63, 3.8) is 0 Å².